The van der Waals surface area contributed by atoms with Gasteiger partial charge in [-0.3, -0.25) is 0 Å². The first-order chi connectivity index (χ1) is 21.8. The van der Waals surface area contributed by atoms with E-state index < -0.39 is 14.2 Å². The highest BCUT2D eigenvalue weighted by molar-refractivity contribution is 6.83. The molecular formula is C43H30OSi. The van der Waals surface area contributed by atoms with Crippen molar-refractivity contribution in [3.05, 3.63) is 130 Å². The highest BCUT2D eigenvalue weighted by atomic mass is 28.3. The van der Waals surface area contributed by atoms with Crippen molar-refractivity contribution in [2.24, 2.45) is 0 Å². The number of hydrogen-bond donors (Lipinski definition) is 1. The van der Waals surface area contributed by atoms with Crippen LogP contribution in [0.2, 0.25) is 19.6 Å². The molecule has 0 fully saturated rings. The van der Waals surface area contributed by atoms with E-state index >= 15 is 0 Å². The monoisotopic (exact) mass is 590 g/mol. The van der Waals surface area contributed by atoms with Gasteiger partial charge < -0.3 is 5.11 Å². The summed E-state index contributed by atoms with van der Waals surface area (Å²) in [4.78, 5) is 0. The van der Waals surface area contributed by atoms with Crippen LogP contribution in [-0.2, 0) is 0 Å². The summed E-state index contributed by atoms with van der Waals surface area (Å²) < 4.78 is 0. The summed E-state index contributed by atoms with van der Waals surface area (Å²) in [5.41, 5.74) is 10.2. The van der Waals surface area contributed by atoms with E-state index in [9.17, 15) is 5.11 Å². The molecule has 7 aromatic rings. The lowest BCUT2D eigenvalue weighted by molar-refractivity contribution is 0.225. The van der Waals surface area contributed by atoms with E-state index in [0.29, 0.717) is 0 Å². The van der Waals surface area contributed by atoms with Crippen molar-refractivity contribution in [1.29, 1.82) is 0 Å². The van der Waals surface area contributed by atoms with Gasteiger partial charge in [0.25, 0.3) is 0 Å². The number of hydrogen-bond acceptors (Lipinski definition) is 1. The SMILES string of the molecule is Cc1cccc2c1-c1c(c(C#C[Si](C)(C)C)c3c4c1c1c5ccccc5c5cc6c(cccc6c=4c4ccccc43)cc51)C2O. The summed E-state index contributed by atoms with van der Waals surface area (Å²) in [6.07, 6.45) is -0.743. The van der Waals surface area contributed by atoms with E-state index in [1.165, 1.54) is 80.6 Å². The zero-order valence-electron chi connectivity index (χ0n) is 25.8. The molecule has 4 aliphatic rings. The van der Waals surface area contributed by atoms with E-state index in [4.69, 9.17) is 0 Å². The fourth-order valence-electron chi connectivity index (χ4n) is 8.52. The summed E-state index contributed by atoms with van der Waals surface area (Å²) in [6, 6.07) is 35.8. The summed E-state index contributed by atoms with van der Waals surface area (Å²) in [5.74, 6) is 3.77. The summed E-state index contributed by atoms with van der Waals surface area (Å²) in [6.45, 7) is 9.09. The molecule has 0 heterocycles. The molecule has 2 heteroatoms. The van der Waals surface area contributed by atoms with Crippen LogP contribution in [0.4, 0.5) is 0 Å². The maximum absolute atomic E-state index is 12.4. The van der Waals surface area contributed by atoms with Gasteiger partial charge in [-0.15, -0.1) is 5.54 Å². The molecule has 0 radical (unpaired) electrons. The van der Waals surface area contributed by atoms with Crippen LogP contribution in [-0.4, -0.2) is 13.2 Å². The molecule has 1 N–H and O–H groups in total. The first-order valence-electron chi connectivity index (χ1n) is 15.9. The van der Waals surface area contributed by atoms with Crippen LogP contribution in [0, 0.1) is 28.8 Å². The standard InChI is InChI=1S/C43H30OSi/c1-23-11-9-18-31-35(23)40-39(43(31)44)30(19-20-45(2,3)4)37-28-16-8-7-15-27(28)36-29-17-10-12-24-21-34-33(22-32(24)29)25-13-5-6-14-26(25)38(34)42(40)41(36)37/h5-18,21-22,43-44H,1-4H3. The summed E-state index contributed by atoms with van der Waals surface area (Å²) in [7, 11) is -1.75. The van der Waals surface area contributed by atoms with Crippen LogP contribution in [0.25, 0.3) is 75.8 Å². The lowest BCUT2D eigenvalue weighted by Gasteiger charge is -2.14. The van der Waals surface area contributed by atoms with E-state index in [0.717, 1.165) is 27.8 Å². The fraction of sp³-hybridized carbons (Fsp3) is 0.116. The molecule has 0 amide bonds. The topological polar surface area (TPSA) is 20.2 Å². The minimum Gasteiger partial charge on any atom is -0.384 e. The molecule has 1 atom stereocenters. The largest absolute Gasteiger partial charge is 0.384 e. The Morgan fingerprint density at radius 2 is 1.24 bits per heavy atom. The Morgan fingerprint density at radius 3 is 2.02 bits per heavy atom. The number of fused-ring (bicyclic) bond motifs is 6. The van der Waals surface area contributed by atoms with Crippen molar-refractivity contribution in [3.63, 3.8) is 0 Å². The maximum atomic E-state index is 12.4. The first-order valence-corrected chi connectivity index (χ1v) is 19.4. The van der Waals surface area contributed by atoms with Crippen LogP contribution in [0.3, 0.4) is 0 Å². The van der Waals surface area contributed by atoms with Gasteiger partial charge >= 0.3 is 0 Å². The van der Waals surface area contributed by atoms with Gasteiger partial charge in [0.2, 0.25) is 0 Å². The van der Waals surface area contributed by atoms with E-state index in [1.807, 2.05) is 0 Å². The Balaban J connectivity index is 1.70. The average molecular weight is 591 g/mol. The third-order valence-electron chi connectivity index (χ3n) is 10.2. The molecule has 0 aliphatic heterocycles. The predicted octanol–water partition coefficient (Wildman–Crippen LogP) is 10.8. The lowest BCUT2D eigenvalue weighted by Crippen LogP contribution is -2.16. The zero-order chi connectivity index (χ0) is 30.4. The molecule has 45 heavy (non-hydrogen) atoms. The molecule has 1 nitrogen and oxygen atoms in total. The highest BCUT2D eigenvalue weighted by Crippen LogP contribution is 2.55. The minimum absolute atomic E-state index is 0.743. The minimum atomic E-state index is -1.75. The third kappa shape index (κ3) is 3.12. The van der Waals surface area contributed by atoms with Gasteiger partial charge in [-0.2, -0.15) is 0 Å². The molecule has 11 rings (SSSR count). The second kappa shape index (κ2) is 8.40. The van der Waals surface area contributed by atoms with E-state index in [2.05, 4.69) is 135 Å². The average Bonchev–Trinajstić information content (AvgIpc) is 3.65. The molecule has 1 unspecified atom stereocenters. The second-order valence-electron chi connectivity index (χ2n) is 14.0. The van der Waals surface area contributed by atoms with Crippen molar-refractivity contribution in [3.8, 4) is 22.6 Å². The van der Waals surface area contributed by atoms with Crippen LogP contribution in [0.1, 0.15) is 28.4 Å². The van der Waals surface area contributed by atoms with Gasteiger partial charge in [-0.1, -0.05) is 110 Å². The predicted molar refractivity (Wildman–Crippen MR) is 194 cm³/mol. The molecule has 0 spiro atoms. The molecule has 6 bridgehead atoms. The molecule has 0 saturated heterocycles. The highest BCUT2D eigenvalue weighted by Gasteiger charge is 2.35. The Bertz CT molecular complexity index is 2880. The summed E-state index contributed by atoms with van der Waals surface area (Å²) >= 11 is 0. The van der Waals surface area contributed by atoms with Gasteiger partial charge in [0.1, 0.15) is 14.2 Å². The van der Waals surface area contributed by atoms with E-state index in [-0.39, 0.29) is 0 Å². The van der Waals surface area contributed by atoms with Gasteiger partial charge in [0.15, 0.2) is 0 Å². The normalized spacial score (nSPS) is 14.8. The van der Waals surface area contributed by atoms with Crippen molar-refractivity contribution < 1.29 is 5.11 Å². The molecule has 212 valence electrons. The number of aliphatic hydroxyl groups excluding tert-OH is 1. The van der Waals surface area contributed by atoms with Crippen molar-refractivity contribution in [1.82, 2.24) is 0 Å². The number of aliphatic hydroxyl groups is 1. The number of rotatable bonds is 0. The molecule has 0 aromatic heterocycles. The Morgan fingerprint density at radius 1 is 0.578 bits per heavy atom. The Hall–Kier alpha value is -4.94. The lowest BCUT2D eigenvalue weighted by atomic mass is 9.89. The fourth-order valence-corrected chi connectivity index (χ4v) is 9.02. The van der Waals surface area contributed by atoms with Crippen molar-refractivity contribution >= 4 is 72.7 Å². The quantitative estimate of drug-likeness (QED) is 0.138. The van der Waals surface area contributed by atoms with Gasteiger partial charge in [0.05, 0.1) is 0 Å². The van der Waals surface area contributed by atoms with E-state index in [1.54, 1.807) is 0 Å². The number of benzene rings is 6. The molecule has 7 aromatic carbocycles. The first kappa shape index (κ1) is 25.4. The molecular weight excluding hydrogens is 561 g/mol. The van der Waals surface area contributed by atoms with Crippen LogP contribution in [0.15, 0.2) is 97.1 Å². The van der Waals surface area contributed by atoms with Crippen molar-refractivity contribution in [2.45, 2.75) is 32.7 Å². The van der Waals surface area contributed by atoms with Crippen LogP contribution in [0.5, 0.6) is 0 Å². The third-order valence-corrected chi connectivity index (χ3v) is 11.1. The Kier molecular flexibility index (Phi) is 4.74. The molecule has 4 aliphatic carbocycles. The zero-order valence-corrected chi connectivity index (χ0v) is 26.8. The number of aryl methyl sites for hydroxylation is 1. The summed E-state index contributed by atoms with van der Waals surface area (Å²) in [5, 5.41) is 30.0. The van der Waals surface area contributed by atoms with Crippen LogP contribution >= 0.6 is 0 Å². The smallest absolute Gasteiger partial charge is 0.129 e. The second-order valence-corrected chi connectivity index (χ2v) is 18.7. The van der Waals surface area contributed by atoms with Gasteiger partial charge in [-0.25, -0.2) is 0 Å². The van der Waals surface area contributed by atoms with Gasteiger partial charge in [0, 0.05) is 21.7 Å². The van der Waals surface area contributed by atoms with Gasteiger partial charge in [-0.05, 0) is 106 Å². The Labute approximate surface area is 262 Å². The van der Waals surface area contributed by atoms with Crippen molar-refractivity contribution in [2.75, 3.05) is 0 Å². The van der Waals surface area contributed by atoms with Crippen LogP contribution < -0.4 is 0 Å². The molecule has 0 saturated carbocycles. The maximum Gasteiger partial charge on any atom is 0.129 e.